The van der Waals surface area contributed by atoms with E-state index >= 15 is 0 Å². The number of hydrogen-bond donors (Lipinski definition) is 1. The Labute approximate surface area is 209 Å². The number of benzene rings is 4. The Morgan fingerprint density at radius 2 is 1.37 bits per heavy atom. The molecule has 0 spiro atoms. The number of sulfonamides is 1. The highest BCUT2D eigenvalue weighted by Crippen LogP contribution is 2.30. The van der Waals surface area contributed by atoms with Crippen LogP contribution in [-0.4, -0.2) is 30.7 Å². The SMILES string of the molecule is Cc1ccc(N(C[C@@H](O)Cn2c3ccccc3c3ccccc32)S(=O)(=O)c2ccc(Cl)cc2)cc1. The predicted molar refractivity (Wildman–Crippen MR) is 143 cm³/mol. The summed E-state index contributed by atoms with van der Waals surface area (Å²) in [6.07, 6.45) is -0.961. The standard InChI is InChI=1S/C28H25ClN2O3S/c1-20-10-14-22(15-11-20)31(35(33,34)24-16-12-21(29)13-17-24)19-23(32)18-30-27-8-4-2-6-25(27)26-7-3-5-9-28(26)30/h2-17,23,32H,18-19H2,1H3/t23-/m0/s1. The molecule has 178 valence electrons. The molecular formula is C28H25ClN2O3S. The lowest BCUT2D eigenvalue weighted by molar-refractivity contribution is 0.166. The monoisotopic (exact) mass is 504 g/mol. The molecule has 35 heavy (non-hydrogen) atoms. The average Bonchev–Trinajstić information content (AvgIpc) is 3.17. The van der Waals surface area contributed by atoms with Gasteiger partial charge < -0.3 is 9.67 Å². The van der Waals surface area contributed by atoms with Gasteiger partial charge in [0.25, 0.3) is 10.0 Å². The van der Waals surface area contributed by atoms with E-state index in [4.69, 9.17) is 11.6 Å². The molecule has 0 unspecified atom stereocenters. The molecule has 0 aliphatic rings. The van der Waals surface area contributed by atoms with Gasteiger partial charge in [-0.05, 0) is 55.5 Å². The molecule has 1 aromatic heterocycles. The molecule has 5 aromatic rings. The number of aliphatic hydroxyl groups is 1. The van der Waals surface area contributed by atoms with Gasteiger partial charge >= 0.3 is 0 Å². The second-order valence-corrected chi connectivity index (χ2v) is 10.9. The molecule has 0 bridgehead atoms. The zero-order chi connectivity index (χ0) is 24.6. The van der Waals surface area contributed by atoms with Crippen molar-refractivity contribution in [1.29, 1.82) is 0 Å². The highest BCUT2D eigenvalue weighted by molar-refractivity contribution is 7.92. The summed E-state index contributed by atoms with van der Waals surface area (Å²) in [7, 11) is -3.94. The van der Waals surface area contributed by atoms with Crippen molar-refractivity contribution in [3.05, 3.63) is 108 Å². The van der Waals surface area contributed by atoms with Crippen LogP contribution in [0, 0.1) is 6.92 Å². The number of aromatic nitrogens is 1. The van der Waals surface area contributed by atoms with Gasteiger partial charge in [0, 0.05) is 26.8 Å². The first-order valence-corrected chi connectivity index (χ1v) is 13.2. The van der Waals surface area contributed by atoms with Crippen molar-refractivity contribution in [2.24, 2.45) is 0 Å². The van der Waals surface area contributed by atoms with E-state index in [1.165, 1.54) is 16.4 Å². The Kier molecular flexibility index (Phi) is 6.28. The summed E-state index contributed by atoms with van der Waals surface area (Å²) in [5.74, 6) is 0. The molecular weight excluding hydrogens is 480 g/mol. The van der Waals surface area contributed by atoms with Crippen LogP contribution in [0.4, 0.5) is 5.69 Å². The van der Waals surface area contributed by atoms with Crippen molar-refractivity contribution < 1.29 is 13.5 Å². The molecule has 0 fully saturated rings. The zero-order valence-corrected chi connectivity index (χ0v) is 20.7. The molecule has 0 saturated carbocycles. The molecule has 0 aliphatic carbocycles. The third kappa shape index (κ3) is 4.52. The number of halogens is 1. The van der Waals surface area contributed by atoms with Gasteiger partial charge in [-0.15, -0.1) is 0 Å². The highest BCUT2D eigenvalue weighted by atomic mass is 35.5. The average molecular weight is 505 g/mol. The lowest BCUT2D eigenvalue weighted by Gasteiger charge is -2.27. The third-order valence-electron chi connectivity index (χ3n) is 6.17. The Hall–Kier alpha value is -3.32. The van der Waals surface area contributed by atoms with Crippen LogP contribution in [0.1, 0.15) is 5.56 Å². The number of rotatable bonds is 7. The van der Waals surface area contributed by atoms with Crippen molar-refractivity contribution >= 4 is 49.1 Å². The first-order valence-electron chi connectivity index (χ1n) is 11.3. The molecule has 5 nitrogen and oxygen atoms in total. The van der Waals surface area contributed by atoms with Gasteiger partial charge in [-0.1, -0.05) is 65.7 Å². The third-order valence-corrected chi connectivity index (χ3v) is 8.23. The van der Waals surface area contributed by atoms with E-state index in [1.54, 1.807) is 24.3 Å². The normalized spacial score (nSPS) is 12.8. The van der Waals surface area contributed by atoms with Crippen LogP contribution < -0.4 is 4.31 Å². The molecule has 0 amide bonds. The van der Waals surface area contributed by atoms with Crippen molar-refractivity contribution in [2.45, 2.75) is 24.5 Å². The molecule has 4 aromatic carbocycles. The minimum absolute atomic E-state index is 0.102. The molecule has 1 N–H and O–H groups in total. The molecule has 0 saturated heterocycles. The van der Waals surface area contributed by atoms with Crippen molar-refractivity contribution in [3.8, 4) is 0 Å². The number of aliphatic hydroxyl groups excluding tert-OH is 1. The van der Waals surface area contributed by atoms with Crippen LogP contribution in [0.3, 0.4) is 0 Å². The Morgan fingerprint density at radius 1 is 0.829 bits per heavy atom. The van der Waals surface area contributed by atoms with Gasteiger partial charge in [0.15, 0.2) is 0 Å². The van der Waals surface area contributed by atoms with Crippen molar-refractivity contribution in [2.75, 3.05) is 10.8 Å². The number of hydrogen-bond acceptors (Lipinski definition) is 3. The van der Waals surface area contributed by atoms with Crippen LogP contribution >= 0.6 is 11.6 Å². The zero-order valence-electron chi connectivity index (χ0n) is 19.2. The molecule has 0 aliphatic heterocycles. The fraction of sp³-hybridized carbons (Fsp3) is 0.143. The molecule has 0 radical (unpaired) electrons. The summed E-state index contributed by atoms with van der Waals surface area (Å²) in [4.78, 5) is 0.117. The first-order chi connectivity index (χ1) is 16.8. The smallest absolute Gasteiger partial charge is 0.264 e. The fourth-order valence-electron chi connectivity index (χ4n) is 4.45. The van der Waals surface area contributed by atoms with Gasteiger partial charge in [-0.3, -0.25) is 4.31 Å². The van der Waals surface area contributed by atoms with E-state index in [1.807, 2.05) is 55.5 Å². The lowest BCUT2D eigenvalue weighted by Crippen LogP contribution is -2.39. The summed E-state index contributed by atoms with van der Waals surface area (Å²) in [5.41, 5.74) is 3.50. The minimum Gasteiger partial charge on any atom is -0.389 e. The van der Waals surface area contributed by atoms with E-state index in [2.05, 4.69) is 16.7 Å². The molecule has 5 rings (SSSR count). The van der Waals surface area contributed by atoms with Crippen LogP contribution in [0.15, 0.2) is 102 Å². The lowest BCUT2D eigenvalue weighted by atomic mass is 10.2. The van der Waals surface area contributed by atoms with E-state index in [0.717, 1.165) is 27.4 Å². The summed E-state index contributed by atoms with van der Waals surface area (Å²) < 4.78 is 30.6. The van der Waals surface area contributed by atoms with E-state index in [9.17, 15) is 13.5 Å². The van der Waals surface area contributed by atoms with Crippen LogP contribution in [-0.2, 0) is 16.6 Å². The fourth-order valence-corrected chi connectivity index (χ4v) is 6.08. The maximum atomic E-state index is 13.7. The quantitative estimate of drug-likeness (QED) is 0.295. The van der Waals surface area contributed by atoms with Crippen LogP contribution in [0.5, 0.6) is 0 Å². The highest BCUT2D eigenvalue weighted by Gasteiger charge is 2.28. The van der Waals surface area contributed by atoms with Crippen LogP contribution in [0.2, 0.25) is 5.02 Å². The summed E-state index contributed by atoms with van der Waals surface area (Å²) in [6, 6.07) is 29.4. The van der Waals surface area contributed by atoms with Crippen LogP contribution in [0.25, 0.3) is 21.8 Å². The Morgan fingerprint density at radius 3 is 1.94 bits per heavy atom. The number of aryl methyl sites for hydroxylation is 1. The van der Waals surface area contributed by atoms with Gasteiger partial charge in [0.1, 0.15) is 0 Å². The van der Waals surface area contributed by atoms with E-state index in [-0.39, 0.29) is 18.0 Å². The maximum Gasteiger partial charge on any atom is 0.264 e. The van der Waals surface area contributed by atoms with Gasteiger partial charge in [-0.2, -0.15) is 0 Å². The topological polar surface area (TPSA) is 62.5 Å². The number of para-hydroxylation sites is 2. The van der Waals surface area contributed by atoms with E-state index in [0.29, 0.717) is 10.7 Å². The number of fused-ring (bicyclic) bond motifs is 3. The van der Waals surface area contributed by atoms with Crippen molar-refractivity contribution in [1.82, 2.24) is 4.57 Å². The summed E-state index contributed by atoms with van der Waals surface area (Å²) >= 11 is 5.98. The summed E-state index contributed by atoms with van der Waals surface area (Å²) in [5, 5.41) is 13.9. The predicted octanol–water partition coefficient (Wildman–Crippen LogP) is 6.01. The first kappa shape index (κ1) is 23.4. The number of anilines is 1. The minimum atomic E-state index is -3.94. The second-order valence-electron chi connectivity index (χ2n) is 8.62. The Balaban J connectivity index is 1.53. The molecule has 7 heteroatoms. The largest absolute Gasteiger partial charge is 0.389 e. The second kappa shape index (κ2) is 9.38. The molecule has 1 atom stereocenters. The van der Waals surface area contributed by atoms with Gasteiger partial charge in [0.05, 0.1) is 29.8 Å². The van der Waals surface area contributed by atoms with E-state index < -0.39 is 16.1 Å². The maximum absolute atomic E-state index is 13.7. The van der Waals surface area contributed by atoms with Gasteiger partial charge in [-0.25, -0.2) is 8.42 Å². The van der Waals surface area contributed by atoms with Gasteiger partial charge in [0.2, 0.25) is 0 Å². The number of nitrogens with zero attached hydrogens (tertiary/aromatic N) is 2. The van der Waals surface area contributed by atoms with Crippen molar-refractivity contribution in [3.63, 3.8) is 0 Å². The molecule has 1 heterocycles. The Bertz CT molecular complexity index is 1540. The summed E-state index contributed by atoms with van der Waals surface area (Å²) in [6.45, 7) is 2.08.